The lowest BCUT2D eigenvalue weighted by Gasteiger charge is -2.32. The lowest BCUT2D eigenvalue weighted by atomic mass is 9.85. The fraction of sp³-hybridized carbons (Fsp3) is 0.423. The molecule has 0 aromatic heterocycles. The van der Waals surface area contributed by atoms with Gasteiger partial charge in [-0.05, 0) is 56.4 Å². The average molecular weight is 496 g/mol. The quantitative estimate of drug-likeness (QED) is 0.261. The van der Waals surface area contributed by atoms with E-state index in [0.717, 1.165) is 41.3 Å². The SMILES string of the molecule is CCc1ccc(C(=O)[C@]2(C)[C@H]3c4cc(Br)ccc4OC(=O)[C@]32C(=O)N2CCCCC2)cc1. The van der Waals surface area contributed by atoms with Crippen LogP contribution in [0.5, 0.6) is 5.75 Å². The number of benzene rings is 2. The molecule has 0 unspecified atom stereocenters. The first kappa shape index (κ1) is 21.4. The Morgan fingerprint density at radius 3 is 2.44 bits per heavy atom. The Labute approximate surface area is 196 Å². The van der Waals surface area contributed by atoms with Gasteiger partial charge in [-0.1, -0.05) is 47.1 Å². The first-order chi connectivity index (χ1) is 15.4. The van der Waals surface area contributed by atoms with E-state index in [1.54, 1.807) is 24.0 Å². The van der Waals surface area contributed by atoms with E-state index in [4.69, 9.17) is 4.74 Å². The largest absolute Gasteiger partial charge is 0.425 e. The van der Waals surface area contributed by atoms with Crippen LogP contribution < -0.4 is 4.74 Å². The number of nitrogens with zero attached hydrogens (tertiary/aromatic N) is 1. The minimum absolute atomic E-state index is 0.180. The van der Waals surface area contributed by atoms with E-state index >= 15 is 0 Å². The van der Waals surface area contributed by atoms with Crippen LogP contribution in [0.3, 0.4) is 0 Å². The van der Waals surface area contributed by atoms with E-state index in [1.165, 1.54) is 0 Å². The van der Waals surface area contributed by atoms with Gasteiger partial charge in [0.1, 0.15) is 5.75 Å². The number of Topliss-reactive ketones (excluding diaryl/α,β-unsaturated/α-hetero) is 1. The number of likely N-dealkylation sites (tertiary alicyclic amines) is 1. The number of ether oxygens (including phenoxy) is 1. The lowest BCUT2D eigenvalue weighted by molar-refractivity contribution is -0.154. The number of amides is 1. The van der Waals surface area contributed by atoms with Crippen molar-refractivity contribution in [1.29, 1.82) is 0 Å². The molecule has 3 aliphatic rings. The van der Waals surface area contributed by atoms with Crippen LogP contribution in [0, 0.1) is 10.8 Å². The van der Waals surface area contributed by atoms with Crippen molar-refractivity contribution in [2.24, 2.45) is 10.8 Å². The Morgan fingerprint density at radius 1 is 1.09 bits per heavy atom. The fourth-order valence-corrected chi connectivity index (χ4v) is 6.17. The van der Waals surface area contributed by atoms with Crippen LogP contribution >= 0.6 is 15.9 Å². The Balaban J connectivity index is 1.64. The highest BCUT2D eigenvalue weighted by molar-refractivity contribution is 9.10. The Kier molecular flexibility index (Phi) is 5.04. The maximum absolute atomic E-state index is 13.9. The summed E-state index contributed by atoms with van der Waals surface area (Å²) >= 11 is 3.50. The number of hydrogen-bond acceptors (Lipinski definition) is 4. The van der Waals surface area contributed by atoms with Gasteiger partial charge in [0.05, 0.1) is 5.41 Å². The van der Waals surface area contributed by atoms with Crippen LogP contribution in [0.25, 0.3) is 0 Å². The summed E-state index contributed by atoms with van der Waals surface area (Å²) in [5.41, 5.74) is -0.316. The summed E-state index contributed by atoms with van der Waals surface area (Å²) in [6.07, 6.45) is 3.76. The third kappa shape index (κ3) is 2.78. The van der Waals surface area contributed by atoms with Gasteiger partial charge in [0.2, 0.25) is 5.91 Å². The van der Waals surface area contributed by atoms with E-state index in [-0.39, 0.29) is 11.7 Å². The van der Waals surface area contributed by atoms with Crippen LogP contribution in [-0.4, -0.2) is 35.6 Å². The van der Waals surface area contributed by atoms with Gasteiger partial charge in [-0.3, -0.25) is 14.4 Å². The summed E-state index contributed by atoms with van der Waals surface area (Å²) in [5, 5.41) is 0. The highest BCUT2D eigenvalue weighted by Gasteiger charge is 2.88. The molecule has 0 bridgehead atoms. The Morgan fingerprint density at radius 2 is 1.78 bits per heavy atom. The number of hydrogen-bond donors (Lipinski definition) is 0. The maximum Gasteiger partial charge on any atom is 0.328 e. The molecule has 166 valence electrons. The predicted molar refractivity (Wildman–Crippen MR) is 124 cm³/mol. The van der Waals surface area contributed by atoms with Crippen molar-refractivity contribution in [1.82, 2.24) is 4.90 Å². The van der Waals surface area contributed by atoms with Gasteiger partial charge in [0.25, 0.3) is 0 Å². The van der Waals surface area contributed by atoms with Gasteiger partial charge in [-0.15, -0.1) is 0 Å². The van der Waals surface area contributed by atoms with Gasteiger partial charge >= 0.3 is 5.97 Å². The zero-order valence-corrected chi connectivity index (χ0v) is 19.9. The molecule has 2 aliphatic heterocycles. The summed E-state index contributed by atoms with van der Waals surface area (Å²) in [4.78, 5) is 43.1. The first-order valence-corrected chi connectivity index (χ1v) is 12.1. The van der Waals surface area contributed by atoms with Crippen molar-refractivity contribution in [3.05, 3.63) is 63.6 Å². The van der Waals surface area contributed by atoms with Crippen molar-refractivity contribution in [3.63, 3.8) is 0 Å². The summed E-state index contributed by atoms with van der Waals surface area (Å²) in [7, 11) is 0. The zero-order chi connectivity index (χ0) is 22.7. The van der Waals surface area contributed by atoms with Gasteiger partial charge in [0, 0.05) is 34.6 Å². The van der Waals surface area contributed by atoms with Crippen molar-refractivity contribution >= 4 is 33.6 Å². The minimum Gasteiger partial charge on any atom is -0.425 e. The van der Waals surface area contributed by atoms with Crippen molar-refractivity contribution in [3.8, 4) is 5.75 Å². The minimum atomic E-state index is -1.52. The number of piperidine rings is 1. The lowest BCUT2D eigenvalue weighted by Crippen LogP contribution is -2.49. The highest BCUT2D eigenvalue weighted by Crippen LogP contribution is 2.78. The van der Waals surface area contributed by atoms with Gasteiger partial charge in [-0.2, -0.15) is 0 Å². The van der Waals surface area contributed by atoms with Crippen LogP contribution in [-0.2, 0) is 16.0 Å². The van der Waals surface area contributed by atoms with E-state index in [0.29, 0.717) is 24.4 Å². The monoisotopic (exact) mass is 495 g/mol. The molecule has 1 aliphatic carbocycles. The van der Waals surface area contributed by atoms with E-state index in [2.05, 4.69) is 22.9 Å². The molecule has 0 N–H and O–H groups in total. The number of aryl methyl sites for hydroxylation is 1. The van der Waals surface area contributed by atoms with E-state index in [1.807, 2.05) is 30.3 Å². The zero-order valence-electron chi connectivity index (χ0n) is 18.3. The van der Waals surface area contributed by atoms with Gasteiger partial charge < -0.3 is 9.64 Å². The molecule has 1 amide bonds. The number of ketones is 1. The molecule has 2 heterocycles. The molecule has 1 saturated heterocycles. The molecule has 2 aromatic carbocycles. The summed E-state index contributed by atoms with van der Waals surface area (Å²) in [5.74, 6) is -1.16. The van der Waals surface area contributed by atoms with Crippen molar-refractivity contribution in [2.75, 3.05) is 13.1 Å². The molecule has 0 radical (unpaired) electrons. The number of rotatable bonds is 4. The van der Waals surface area contributed by atoms with E-state index in [9.17, 15) is 14.4 Å². The van der Waals surface area contributed by atoms with Crippen LogP contribution in [0.15, 0.2) is 46.9 Å². The standard InChI is InChI=1S/C26H26BrNO4/c1-3-16-7-9-17(10-8-16)22(29)25(2)21-19-15-18(27)11-12-20(19)32-24(31)26(21,25)23(30)28-13-5-4-6-14-28/h7-12,15,21H,3-6,13-14H2,1-2H3/t21-,25+,26-/m1/s1. The summed E-state index contributed by atoms with van der Waals surface area (Å²) < 4.78 is 6.54. The maximum atomic E-state index is 13.9. The number of carbonyl (C=O) groups excluding carboxylic acids is 3. The Bertz CT molecular complexity index is 1120. The van der Waals surface area contributed by atoms with E-state index < -0.39 is 22.7 Å². The molecule has 5 nitrogen and oxygen atoms in total. The predicted octanol–water partition coefficient (Wildman–Crippen LogP) is 4.92. The van der Waals surface area contributed by atoms with Crippen LogP contribution in [0.2, 0.25) is 0 Å². The molecule has 32 heavy (non-hydrogen) atoms. The third-order valence-electron chi connectivity index (χ3n) is 7.63. The smallest absolute Gasteiger partial charge is 0.328 e. The number of esters is 1. The van der Waals surface area contributed by atoms with Crippen molar-refractivity contribution in [2.45, 2.75) is 45.4 Å². The molecular formula is C26H26BrNO4. The number of halogens is 1. The van der Waals surface area contributed by atoms with Crippen LogP contribution in [0.1, 0.15) is 60.5 Å². The molecule has 3 atom stereocenters. The Hall–Kier alpha value is -2.47. The average Bonchev–Trinajstić information content (AvgIpc) is 3.42. The molecule has 5 rings (SSSR count). The van der Waals surface area contributed by atoms with Gasteiger partial charge in [0.15, 0.2) is 11.2 Å². The molecule has 0 spiro atoms. The van der Waals surface area contributed by atoms with Crippen LogP contribution in [0.4, 0.5) is 0 Å². The molecule has 2 fully saturated rings. The second-order valence-corrected chi connectivity index (χ2v) is 10.2. The molecule has 6 heteroatoms. The van der Waals surface area contributed by atoms with Gasteiger partial charge in [-0.25, -0.2) is 0 Å². The molecule has 1 saturated carbocycles. The van der Waals surface area contributed by atoms with Crippen molar-refractivity contribution < 1.29 is 19.1 Å². The molecule has 2 aromatic rings. The number of fused-ring (bicyclic) bond motifs is 3. The highest BCUT2D eigenvalue weighted by atomic mass is 79.9. The second kappa shape index (κ2) is 7.55. The topological polar surface area (TPSA) is 63.7 Å². The first-order valence-electron chi connectivity index (χ1n) is 11.3. The molecular weight excluding hydrogens is 470 g/mol. The number of carbonyl (C=O) groups is 3. The summed E-state index contributed by atoms with van der Waals surface area (Å²) in [6.45, 7) is 5.06. The second-order valence-electron chi connectivity index (χ2n) is 9.25. The fourth-order valence-electron chi connectivity index (χ4n) is 5.79. The normalized spacial score (nSPS) is 28.4. The third-order valence-corrected chi connectivity index (χ3v) is 8.12. The summed E-state index contributed by atoms with van der Waals surface area (Å²) in [6, 6.07) is 12.9.